The third-order valence-corrected chi connectivity index (χ3v) is 2.50. The number of nitro benzene ring substituents is 1. The first-order valence-corrected chi connectivity index (χ1v) is 6.80. The van der Waals surface area contributed by atoms with E-state index in [2.05, 4.69) is 4.74 Å². The van der Waals surface area contributed by atoms with E-state index >= 15 is 0 Å². The summed E-state index contributed by atoms with van der Waals surface area (Å²) in [5.41, 5.74) is -0.474. The molecule has 0 saturated carbocycles. The number of amides is 1. The van der Waals surface area contributed by atoms with Crippen molar-refractivity contribution in [3.8, 4) is 5.75 Å². The van der Waals surface area contributed by atoms with Crippen molar-refractivity contribution in [3.63, 3.8) is 0 Å². The maximum absolute atomic E-state index is 13.4. The van der Waals surface area contributed by atoms with Crippen LogP contribution in [0.2, 0.25) is 0 Å². The predicted molar refractivity (Wildman–Crippen MR) is 61.7 cm³/mol. The van der Waals surface area contributed by atoms with Gasteiger partial charge in [0.15, 0.2) is 11.6 Å². The van der Waals surface area contributed by atoms with Crippen molar-refractivity contribution in [1.29, 1.82) is 0 Å². The fourth-order valence-electron chi connectivity index (χ4n) is 1.14. The zero-order valence-electron chi connectivity index (χ0n) is 9.22. The molecule has 0 fully saturated rings. The summed E-state index contributed by atoms with van der Waals surface area (Å²) in [6, 6.07) is 1.43. The minimum absolute atomic E-state index is 0.0305. The van der Waals surface area contributed by atoms with E-state index in [0.29, 0.717) is 6.07 Å². The van der Waals surface area contributed by atoms with Gasteiger partial charge in [-0.2, -0.15) is 8.42 Å². The summed E-state index contributed by atoms with van der Waals surface area (Å²) in [5, 5.41) is 10.5. The number of nitrogens with zero attached hydrogens (tertiary/aromatic N) is 1. The lowest BCUT2D eigenvalue weighted by Gasteiger charge is -2.06. The number of ether oxygens (including phenoxy) is 1. The van der Waals surface area contributed by atoms with E-state index in [-0.39, 0.29) is 5.56 Å². The van der Waals surface area contributed by atoms with Crippen molar-refractivity contribution >= 4 is 31.7 Å². The fourth-order valence-corrected chi connectivity index (χ4v) is 1.57. The Morgan fingerprint density at radius 1 is 1.53 bits per heavy atom. The number of carbonyl (C=O) groups excluding carboxylic acids is 1. The SMILES string of the molecule is Cc1cc(OC(=O)NS(=O)(=O)Cl)c(F)cc1[N+](=O)[O-]. The first kappa shape index (κ1) is 15.1. The Bertz CT molecular complexity index is 647. The second-order valence-electron chi connectivity index (χ2n) is 3.26. The van der Waals surface area contributed by atoms with E-state index in [0.717, 1.165) is 6.07 Å². The van der Waals surface area contributed by atoms with Crippen molar-refractivity contribution in [2.75, 3.05) is 0 Å². The van der Waals surface area contributed by atoms with Crippen molar-refractivity contribution < 1.29 is 27.3 Å². The summed E-state index contributed by atoms with van der Waals surface area (Å²) in [6.45, 7) is 1.29. The maximum atomic E-state index is 13.4. The van der Waals surface area contributed by atoms with Crippen molar-refractivity contribution in [1.82, 2.24) is 4.72 Å². The van der Waals surface area contributed by atoms with Gasteiger partial charge in [-0.3, -0.25) is 10.1 Å². The Morgan fingerprint density at radius 3 is 2.58 bits per heavy atom. The van der Waals surface area contributed by atoms with Gasteiger partial charge < -0.3 is 4.74 Å². The van der Waals surface area contributed by atoms with Gasteiger partial charge in [-0.05, 0) is 13.0 Å². The summed E-state index contributed by atoms with van der Waals surface area (Å²) < 4.78 is 39.9. The molecule has 0 atom stereocenters. The molecule has 0 heterocycles. The van der Waals surface area contributed by atoms with Crippen LogP contribution >= 0.6 is 10.7 Å². The van der Waals surface area contributed by atoms with E-state index in [4.69, 9.17) is 10.7 Å². The third-order valence-electron chi connectivity index (χ3n) is 1.86. The summed E-state index contributed by atoms with van der Waals surface area (Å²) in [7, 11) is 0.338. The van der Waals surface area contributed by atoms with Crippen LogP contribution in [0.5, 0.6) is 5.75 Å². The molecule has 0 aromatic heterocycles. The topological polar surface area (TPSA) is 116 Å². The molecule has 0 aliphatic heterocycles. The van der Waals surface area contributed by atoms with E-state index in [1.54, 1.807) is 0 Å². The van der Waals surface area contributed by atoms with Crippen LogP contribution in [0.25, 0.3) is 0 Å². The highest BCUT2D eigenvalue weighted by atomic mass is 35.7. The Hall–Kier alpha value is -1.94. The molecule has 104 valence electrons. The lowest BCUT2D eigenvalue weighted by Crippen LogP contribution is -2.29. The number of hydrogen-bond donors (Lipinski definition) is 1. The van der Waals surface area contributed by atoms with E-state index in [1.807, 2.05) is 0 Å². The van der Waals surface area contributed by atoms with Crippen molar-refractivity contribution in [3.05, 3.63) is 33.6 Å². The average molecular weight is 313 g/mol. The Labute approximate surface area is 110 Å². The Balaban J connectivity index is 3.01. The summed E-state index contributed by atoms with van der Waals surface area (Å²) >= 11 is 0. The van der Waals surface area contributed by atoms with Crippen LogP contribution in [0, 0.1) is 22.9 Å². The highest BCUT2D eigenvalue weighted by Gasteiger charge is 2.19. The van der Waals surface area contributed by atoms with Crippen LogP contribution in [-0.4, -0.2) is 19.4 Å². The van der Waals surface area contributed by atoms with Crippen LogP contribution in [0.15, 0.2) is 12.1 Å². The molecular weight excluding hydrogens is 307 g/mol. The number of rotatable bonds is 3. The minimum Gasteiger partial charge on any atom is -0.406 e. The highest BCUT2D eigenvalue weighted by molar-refractivity contribution is 8.12. The first-order chi connectivity index (χ1) is 8.60. The van der Waals surface area contributed by atoms with Gasteiger partial charge in [-0.25, -0.2) is 13.9 Å². The number of hydrogen-bond acceptors (Lipinski definition) is 6. The quantitative estimate of drug-likeness (QED) is 0.515. The van der Waals surface area contributed by atoms with Gasteiger partial charge in [-0.15, -0.1) is 0 Å². The first-order valence-electron chi connectivity index (χ1n) is 4.49. The molecule has 19 heavy (non-hydrogen) atoms. The summed E-state index contributed by atoms with van der Waals surface area (Å²) in [6.07, 6.45) is -1.54. The van der Waals surface area contributed by atoms with Gasteiger partial charge in [0.2, 0.25) is 0 Å². The summed E-state index contributed by atoms with van der Waals surface area (Å²) in [5.74, 6) is -1.86. The van der Waals surface area contributed by atoms with Crippen LogP contribution in [-0.2, 0) is 9.24 Å². The zero-order chi connectivity index (χ0) is 14.8. The van der Waals surface area contributed by atoms with Crippen molar-refractivity contribution in [2.24, 2.45) is 0 Å². The van der Waals surface area contributed by atoms with Crippen molar-refractivity contribution in [2.45, 2.75) is 6.92 Å². The van der Waals surface area contributed by atoms with Crippen LogP contribution in [0.1, 0.15) is 5.56 Å². The van der Waals surface area contributed by atoms with Crippen LogP contribution < -0.4 is 9.46 Å². The Morgan fingerprint density at radius 2 is 2.11 bits per heavy atom. The minimum atomic E-state index is -4.37. The zero-order valence-corrected chi connectivity index (χ0v) is 10.8. The largest absolute Gasteiger partial charge is 0.427 e. The molecular formula is C8H6ClFN2O6S. The monoisotopic (exact) mass is 312 g/mol. The van der Waals surface area contributed by atoms with Crippen LogP contribution in [0.3, 0.4) is 0 Å². The molecule has 1 aromatic rings. The molecule has 0 saturated heterocycles. The number of aryl methyl sites for hydroxylation is 1. The second kappa shape index (κ2) is 5.36. The molecule has 1 aromatic carbocycles. The van der Waals surface area contributed by atoms with E-state index < -0.39 is 37.5 Å². The van der Waals surface area contributed by atoms with E-state index in [9.17, 15) is 27.7 Å². The molecule has 0 spiro atoms. The third kappa shape index (κ3) is 4.34. The number of benzene rings is 1. The molecule has 0 aliphatic rings. The molecule has 0 radical (unpaired) electrons. The maximum Gasteiger partial charge on any atom is 0.427 e. The molecule has 8 nitrogen and oxygen atoms in total. The van der Waals surface area contributed by atoms with Gasteiger partial charge in [0.25, 0.3) is 5.69 Å². The molecule has 1 amide bonds. The molecule has 0 aliphatic carbocycles. The Kier molecular flexibility index (Phi) is 4.27. The smallest absolute Gasteiger partial charge is 0.406 e. The van der Waals surface area contributed by atoms with Gasteiger partial charge >= 0.3 is 15.3 Å². The second-order valence-corrected chi connectivity index (χ2v) is 5.55. The van der Waals surface area contributed by atoms with E-state index in [1.165, 1.54) is 11.6 Å². The predicted octanol–water partition coefficient (Wildman–Crippen LogP) is 1.61. The van der Waals surface area contributed by atoms with Gasteiger partial charge in [0.1, 0.15) is 0 Å². The van der Waals surface area contributed by atoms with Gasteiger partial charge in [0.05, 0.1) is 11.0 Å². The molecule has 0 bridgehead atoms. The van der Waals surface area contributed by atoms with Gasteiger partial charge in [-0.1, -0.05) is 0 Å². The highest BCUT2D eigenvalue weighted by Crippen LogP contribution is 2.27. The molecule has 11 heteroatoms. The molecule has 1 N–H and O–H groups in total. The van der Waals surface area contributed by atoms with Gasteiger partial charge in [0, 0.05) is 16.2 Å². The molecule has 1 rings (SSSR count). The fraction of sp³-hybridized carbons (Fsp3) is 0.125. The summed E-state index contributed by atoms with van der Waals surface area (Å²) in [4.78, 5) is 20.7. The number of carbonyl (C=O) groups is 1. The molecule has 0 unspecified atom stereocenters. The average Bonchev–Trinajstić information content (AvgIpc) is 2.19. The number of nitrogens with one attached hydrogen (secondary N) is 1. The standard InChI is InChI=1S/C8H6ClFN2O6S/c1-4-2-7(5(10)3-6(4)12(14)15)18-8(13)11-19(9,16)17/h2-3H,1H3,(H,11,13). The lowest BCUT2D eigenvalue weighted by molar-refractivity contribution is -0.385. The number of nitro groups is 1. The van der Waals surface area contributed by atoms with Crippen LogP contribution in [0.4, 0.5) is 14.9 Å². The normalized spacial score (nSPS) is 10.9. The lowest BCUT2D eigenvalue weighted by atomic mass is 10.2. The number of halogens is 2.